The van der Waals surface area contributed by atoms with Gasteiger partial charge in [0.15, 0.2) is 0 Å². The van der Waals surface area contributed by atoms with Crippen molar-refractivity contribution >= 4 is 11.6 Å². The fraction of sp³-hybridized carbons (Fsp3) is 0.375. The SMILES string of the molecule is Cc1nc(C(F)F)c(C(F)(F)F)cc1Cl. The van der Waals surface area contributed by atoms with E-state index < -0.39 is 23.9 Å². The fourth-order valence-corrected chi connectivity index (χ4v) is 1.14. The number of pyridine rings is 1. The van der Waals surface area contributed by atoms with Gasteiger partial charge in [0.1, 0.15) is 5.69 Å². The first kappa shape index (κ1) is 12.2. The van der Waals surface area contributed by atoms with Crippen molar-refractivity contribution in [2.75, 3.05) is 0 Å². The van der Waals surface area contributed by atoms with E-state index in [1.165, 1.54) is 6.92 Å². The Kier molecular flexibility index (Phi) is 3.18. The van der Waals surface area contributed by atoms with Crippen LogP contribution >= 0.6 is 11.6 Å². The van der Waals surface area contributed by atoms with Gasteiger partial charge in [-0.25, -0.2) is 13.8 Å². The smallest absolute Gasteiger partial charge is 0.250 e. The maximum atomic E-state index is 12.3. The predicted octanol–water partition coefficient (Wildman–Crippen LogP) is 4.00. The Hall–Kier alpha value is -0.910. The third-order valence-corrected chi connectivity index (χ3v) is 2.08. The molecule has 84 valence electrons. The Morgan fingerprint density at radius 1 is 1.33 bits per heavy atom. The fourth-order valence-electron chi connectivity index (χ4n) is 0.993. The van der Waals surface area contributed by atoms with Crippen LogP contribution in [0.25, 0.3) is 0 Å². The summed E-state index contributed by atoms with van der Waals surface area (Å²) in [4.78, 5) is 3.14. The van der Waals surface area contributed by atoms with Crippen molar-refractivity contribution in [3.05, 3.63) is 28.0 Å². The van der Waals surface area contributed by atoms with E-state index >= 15 is 0 Å². The van der Waals surface area contributed by atoms with Gasteiger partial charge in [-0.2, -0.15) is 13.2 Å². The van der Waals surface area contributed by atoms with Gasteiger partial charge in [0.25, 0.3) is 6.43 Å². The van der Waals surface area contributed by atoms with E-state index in [4.69, 9.17) is 11.6 Å². The molecular weight excluding hydrogens is 241 g/mol. The van der Waals surface area contributed by atoms with Crippen LogP contribution in [0.1, 0.15) is 23.4 Å². The van der Waals surface area contributed by atoms with E-state index in [1.807, 2.05) is 0 Å². The molecule has 1 aromatic heterocycles. The first-order chi connectivity index (χ1) is 6.73. The lowest BCUT2D eigenvalue weighted by atomic mass is 10.1. The molecule has 0 atom stereocenters. The van der Waals surface area contributed by atoms with Gasteiger partial charge in [0.05, 0.1) is 16.3 Å². The van der Waals surface area contributed by atoms with Crippen molar-refractivity contribution in [2.45, 2.75) is 19.5 Å². The molecule has 0 bridgehead atoms. The van der Waals surface area contributed by atoms with Gasteiger partial charge in [-0.05, 0) is 13.0 Å². The Morgan fingerprint density at radius 3 is 2.27 bits per heavy atom. The van der Waals surface area contributed by atoms with E-state index in [0.717, 1.165) is 0 Å². The normalized spacial score (nSPS) is 12.3. The molecule has 1 heterocycles. The van der Waals surface area contributed by atoms with Crippen LogP contribution in [0.3, 0.4) is 0 Å². The molecule has 0 saturated carbocycles. The number of hydrogen-bond donors (Lipinski definition) is 0. The Labute approximate surface area is 86.9 Å². The summed E-state index contributed by atoms with van der Waals surface area (Å²) in [6.45, 7) is 1.26. The average molecular weight is 246 g/mol. The van der Waals surface area contributed by atoms with E-state index in [0.29, 0.717) is 6.07 Å². The van der Waals surface area contributed by atoms with Gasteiger partial charge in [0, 0.05) is 0 Å². The third kappa shape index (κ3) is 2.56. The van der Waals surface area contributed by atoms with Gasteiger partial charge in [-0.3, -0.25) is 0 Å². The molecule has 0 aliphatic rings. The lowest BCUT2D eigenvalue weighted by molar-refractivity contribution is -0.139. The first-order valence-electron chi connectivity index (χ1n) is 3.76. The van der Waals surface area contributed by atoms with Gasteiger partial charge in [-0.1, -0.05) is 11.6 Å². The Balaban J connectivity index is 3.42. The molecule has 1 aromatic rings. The zero-order valence-corrected chi connectivity index (χ0v) is 8.13. The largest absolute Gasteiger partial charge is 0.418 e. The van der Waals surface area contributed by atoms with E-state index in [-0.39, 0.29) is 10.7 Å². The van der Waals surface area contributed by atoms with Crippen molar-refractivity contribution in [1.29, 1.82) is 0 Å². The van der Waals surface area contributed by atoms with Gasteiger partial charge >= 0.3 is 6.18 Å². The van der Waals surface area contributed by atoms with Crippen LogP contribution in [0, 0.1) is 6.92 Å². The number of aromatic nitrogens is 1. The molecule has 0 amide bonds. The van der Waals surface area contributed by atoms with E-state index in [1.54, 1.807) is 0 Å². The van der Waals surface area contributed by atoms with Crippen LogP contribution < -0.4 is 0 Å². The summed E-state index contributed by atoms with van der Waals surface area (Å²) in [7, 11) is 0. The summed E-state index contributed by atoms with van der Waals surface area (Å²) in [5, 5.41) is -0.285. The first-order valence-corrected chi connectivity index (χ1v) is 4.13. The molecule has 1 rings (SSSR count). The highest BCUT2D eigenvalue weighted by Crippen LogP contribution is 2.37. The maximum absolute atomic E-state index is 12.3. The molecule has 15 heavy (non-hydrogen) atoms. The zero-order valence-electron chi connectivity index (χ0n) is 7.37. The molecule has 7 heteroatoms. The van der Waals surface area contributed by atoms with Crippen molar-refractivity contribution in [3.63, 3.8) is 0 Å². The summed E-state index contributed by atoms with van der Waals surface area (Å²) >= 11 is 5.39. The number of halogens is 6. The van der Waals surface area contributed by atoms with Crippen LogP contribution in [-0.4, -0.2) is 4.98 Å². The number of aryl methyl sites for hydroxylation is 1. The quantitative estimate of drug-likeness (QED) is 0.682. The standard InChI is InChI=1S/C8H5ClF5N/c1-3-5(9)2-4(8(12,13)14)6(15-3)7(10)11/h2,7H,1H3. The number of nitrogens with zero attached hydrogens (tertiary/aromatic N) is 1. The molecule has 0 N–H and O–H groups in total. The highest BCUT2D eigenvalue weighted by atomic mass is 35.5. The second kappa shape index (κ2) is 3.92. The van der Waals surface area contributed by atoms with Gasteiger partial charge in [0.2, 0.25) is 0 Å². The molecular formula is C8H5ClF5N. The van der Waals surface area contributed by atoms with Crippen LogP contribution in [0.4, 0.5) is 22.0 Å². The summed E-state index contributed by atoms with van der Waals surface area (Å²) < 4.78 is 61.4. The molecule has 0 aliphatic heterocycles. The Morgan fingerprint density at radius 2 is 1.87 bits per heavy atom. The molecule has 1 nitrogen and oxygen atoms in total. The molecule has 0 spiro atoms. The average Bonchev–Trinajstić information content (AvgIpc) is 2.06. The van der Waals surface area contributed by atoms with Crippen molar-refractivity contribution in [2.24, 2.45) is 0 Å². The van der Waals surface area contributed by atoms with Crippen LogP contribution in [-0.2, 0) is 6.18 Å². The van der Waals surface area contributed by atoms with Crippen molar-refractivity contribution in [3.8, 4) is 0 Å². The molecule has 0 radical (unpaired) electrons. The van der Waals surface area contributed by atoms with Crippen LogP contribution in [0.2, 0.25) is 5.02 Å². The second-order valence-electron chi connectivity index (χ2n) is 2.79. The Bertz CT molecular complexity index is 374. The minimum Gasteiger partial charge on any atom is -0.250 e. The topological polar surface area (TPSA) is 12.9 Å². The van der Waals surface area contributed by atoms with E-state index in [9.17, 15) is 22.0 Å². The monoisotopic (exact) mass is 245 g/mol. The number of alkyl halides is 5. The van der Waals surface area contributed by atoms with Crippen molar-refractivity contribution < 1.29 is 22.0 Å². The maximum Gasteiger partial charge on any atom is 0.418 e. The molecule has 0 unspecified atom stereocenters. The van der Waals surface area contributed by atoms with Gasteiger partial charge < -0.3 is 0 Å². The summed E-state index contributed by atoms with van der Waals surface area (Å²) in [5.41, 5.74) is -2.84. The van der Waals surface area contributed by atoms with Gasteiger partial charge in [-0.15, -0.1) is 0 Å². The third-order valence-electron chi connectivity index (χ3n) is 1.69. The lowest BCUT2D eigenvalue weighted by Gasteiger charge is -2.12. The molecule has 0 aromatic carbocycles. The molecule has 0 saturated heterocycles. The van der Waals surface area contributed by atoms with Crippen LogP contribution in [0.15, 0.2) is 6.07 Å². The summed E-state index contributed by atoms with van der Waals surface area (Å²) in [5.74, 6) is 0. The highest BCUT2D eigenvalue weighted by Gasteiger charge is 2.37. The number of hydrogen-bond acceptors (Lipinski definition) is 1. The summed E-state index contributed by atoms with van der Waals surface area (Å²) in [6, 6.07) is 0.464. The molecule has 0 fully saturated rings. The lowest BCUT2D eigenvalue weighted by Crippen LogP contribution is -2.12. The van der Waals surface area contributed by atoms with Crippen LogP contribution in [0.5, 0.6) is 0 Å². The predicted molar refractivity (Wildman–Crippen MR) is 43.9 cm³/mol. The van der Waals surface area contributed by atoms with Crippen molar-refractivity contribution in [1.82, 2.24) is 4.98 Å². The second-order valence-corrected chi connectivity index (χ2v) is 3.19. The van der Waals surface area contributed by atoms with E-state index in [2.05, 4.69) is 4.98 Å². The minimum atomic E-state index is -4.88. The highest BCUT2D eigenvalue weighted by molar-refractivity contribution is 6.31. The molecule has 0 aliphatic carbocycles. The zero-order chi connectivity index (χ0) is 11.8. The number of rotatable bonds is 1. The summed E-state index contributed by atoms with van der Waals surface area (Å²) in [6.07, 6.45) is -8.16. The minimum absolute atomic E-state index is 0.0556.